The number of H-pyrrole nitrogens is 1. The number of hydrogen-bond acceptors (Lipinski definition) is 4. The van der Waals surface area contributed by atoms with Crippen molar-refractivity contribution in [3.05, 3.63) is 62.7 Å². The van der Waals surface area contributed by atoms with Crippen LogP contribution in [0.1, 0.15) is 11.3 Å². The predicted molar refractivity (Wildman–Crippen MR) is 92.3 cm³/mol. The Balaban J connectivity index is 1.89. The lowest BCUT2D eigenvalue weighted by Crippen LogP contribution is -2.39. The van der Waals surface area contributed by atoms with Gasteiger partial charge in [0, 0.05) is 30.7 Å². The molecule has 0 unspecified atom stereocenters. The second kappa shape index (κ2) is 5.21. The van der Waals surface area contributed by atoms with Gasteiger partial charge in [0.15, 0.2) is 11.2 Å². The molecule has 3 aromatic heterocycles. The zero-order chi connectivity index (χ0) is 17.7. The summed E-state index contributed by atoms with van der Waals surface area (Å²) in [4.78, 5) is 32.6. The first kappa shape index (κ1) is 15.0. The first-order chi connectivity index (χ1) is 12.0. The highest BCUT2D eigenvalue weighted by molar-refractivity contribution is 5.81. The molecule has 25 heavy (non-hydrogen) atoms. The number of aryl methyl sites for hydroxylation is 2. The molecule has 0 spiro atoms. The van der Waals surface area contributed by atoms with Crippen LogP contribution in [-0.4, -0.2) is 23.7 Å². The summed E-state index contributed by atoms with van der Waals surface area (Å²) in [5.41, 5.74) is 2.06. The maximum absolute atomic E-state index is 12.7. The van der Waals surface area contributed by atoms with Crippen LogP contribution in [0, 0.1) is 11.3 Å². The molecule has 0 aliphatic rings. The minimum atomic E-state index is -0.424. The minimum Gasteiger partial charge on any atom is -0.357 e. The summed E-state index contributed by atoms with van der Waals surface area (Å²) < 4.78 is 4.16. The molecule has 0 saturated carbocycles. The van der Waals surface area contributed by atoms with Crippen LogP contribution in [0.3, 0.4) is 0 Å². The average Bonchev–Trinajstić information content (AvgIpc) is 3.19. The Morgan fingerprint density at radius 2 is 2.04 bits per heavy atom. The number of rotatable bonds is 2. The Morgan fingerprint density at radius 3 is 2.80 bits per heavy atom. The summed E-state index contributed by atoms with van der Waals surface area (Å²) in [6.45, 7) is 0.114. The molecule has 0 aliphatic carbocycles. The summed E-state index contributed by atoms with van der Waals surface area (Å²) in [6, 6.07) is 9.23. The molecule has 1 aromatic carbocycles. The van der Waals surface area contributed by atoms with E-state index in [4.69, 9.17) is 5.26 Å². The van der Waals surface area contributed by atoms with E-state index in [9.17, 15) is 9.59 Å². The van der Waals surface area contributed by atoms with Gasteiger partial charge in [0.25, 0.3) is 5.56 Å². The second-order valence-corrected chi connectivity index (χ2v) is 5.97. The Bertz CT molecular complexity index is 1300. The van der Waals surface area contributed by atoms with Crippen molar-refractivity contribution < 1.29 is 0 Å². The molecular formula is C17H14N6O2. The maximum Gasteiger partial charge on any atom is 0.332 e. The quantitative estimate of drug-likeness (QED) is 0.587. The van der Waals surface area contributed by atoms with Crippen molar-refractivity contribution in [2.75, 3.05) is 0 Å². The van der Waals surface area contributed by atoms with Gasteiger partial charge in [-0.15, -0.1) is 0 Å². The number of hydrogen-bond donors (Lipinski definition) is 1. The molecule has 3 heterocycles. The number of imidazole rings is 1. The monoisotopic (exact) mass is 334 g/mol. The fraction of sp³-hybridized carbons (Fsp3) is 0.176. The van der Waals surface area contributed by atoms with Gasteiger partial charge < -0.3 is 9.55 Å². The van der Waals surface area contributed by atoms with Gasteiger partial charge in [-0.25, -0.2) is 9.78 Å². The minimum absolute atomic E-state index is 0.114. The van der Waals surface area contributed by atoms with E-state index in [1.54, 1.807) is 30.8 Å². The van der Waals surface area contributed by atoms with E-state index in [-0.39, 0.29) is 12.1 Å². The average molecular weight is 334 g/mol. The Morgan fingerprint density at radius 1 is 1.24 bits per heavy atom. The van der Waals surface area contributed by atoms with Crippen molar-refractivity contribution in [1.82, 2.24) is 23.7 Å². The van der Waals surface area contributed by atoms with Gasteiger partial charge in [0.2, 0.25) is 0 Å². The Labute approximate surface area is 141 Å². The molecule has 4 rings (SSSR count). The predicted octanol–water partition coefficient (Wildman–Crippen LogP) is 0.835. The van der Waals surface area contributed by atoms with Crippen molar-refractivity contribution in [3.8, 4) is 6.07 Å². The molecular weight excluding hydrogens is 320 g/mol. The van der Waals surface area contributed by atoms with Crippen LogP contribution in [0.15, 0.2) is 40.2 Å². The van der Waals surface area contributed by atoms with Crippen molar-refractivity contribution >= 4 is 22.1 Å². The van der Waals surface area contributed by atoms with E-state index in [1.807, 2.05) is 12.1 Å². The number of aromatic amines is 1. The van der Waals surface area contributed by atoms with Crippen LogP contribution in [0.25, 0.3) is 22.1 Å². The number of nitrogens with one attached hydrogen (secondary N) is 1. The first-order valence-corrected chi connectivity index (χ1v) is 7.62. The van der Waals surface area contributed by atoms with Crippen LogP contribution >= 0.6 is 0 Å². The summed E-state index contributed by atoms with van der Waals surface area (Å²) in [5.74, 6) is 0. The molecule has 0 amide bonds. The molecule has 0 bridgehead atoms. The van der Waals surface area contributed by atoms with Gasteiger partial charge in [-0.05, 0) is 24.3 Å². The number of aromatic nitrogens is 5. The van der Waals surface area contributed by atoms with E-state index in [0.29, 0.717) is 22.4 Å². The Hall–Kier alpha value is -3.60. The standard InChI is InChI=1S/C17H14N6O2/c1-21-9-19-15-14(21)16(24)23(17(25)22(15)2)8-12-6-11-5-10(7-18)3-4-13(11)20-12/h3-6,9,20H,8H2,1-2H3. The third-order valence-corrected chi connectivity index (χ3v) is 4.34. The highest BCUT2D eigenvalue weighted by Gasteiger charge is 2.15. The van der Waals surface area contributed by atoms with Crippen molar-refractivity contribution in [3.63, 3.8) is 0 Å². The number of nitriles is 1. The van der Waals surface area contributed by atoms with Crippen LogP contribution in [-0.2, 0) is 20.6 Å². The van der Waals surface area contributed by atoms with Crippen molar-refractivity contribution in [2.45, 2.75) is 6.54 Å². The third kappa shape index (κ3) is 2.17. The smallest absolute Gasteiger partial charge is 0.332 e. The molecule has 124 valence electrons. The van der Waals surface area contributed by atoms with Gasteiger partial charge in [0.1, 0.15) is 0 Å². The highest BCUT2D eigenvalue weighted by atomic mass is 16.2. The molecule has 0 saturated heterocycles. The van der Waals surface area contributed by atoms with Gasteiger partial charge in [-0.3, -0.25) is 13.9 Å². The number of fused-ring (bicyclic) bond motifs is 2. The largest absolute Gasteiger partial charge is 0.357 e. The van der Waals surface area contributed by atoms with E-state index < -0.39 is 5.69 Å². The van der Waals surface area contributed by atoms with E-state index in [2.05, 4.69) is 16.0 Å². The molecule has 0 aliphatic heterocycles. The Kier molecular flexibility index (Phi) is 3.12. The van der Waals surface area contributed by atoms with Crippen LogP contribution in [0.4, 0.5) is 0 Å². The molecule has 0 radical (unpaired) electrons. The first-order valence-electron chi connectivity index (χ1n) is 7.62. The van der Waals surface area contributed by atoms with Crippen LogP contribution in [0.2, 0.25) is 0 Å². The zero-order valence-corrected chi connectivity index (χ0v) is 13.6. The normalized spacial score (nSPS) is 11.2. The van der Waals surface area contributed by atoms with Gasteiger partial charge in [-0.2, -0.15) is 5.26 Å². The molecule has 1 N–H and O–H groups in total. The number of nitrogens with zero attached hydrogens (tertiary/aromatic N) is 5. The van der Waals surface area contributed by atoms with Crippen molar-refractivity contribution in [2.24, 2.45) is 14.1 Å². The summed E-state index contributed by atoms with van der Waals surface area (Å²) in [5, 5.41) is 9.85. The molecule has 0 atom stereocenters. The third-order valence-electron chi connectivity index (χ3n) is 4.34. The molecule has 0 fully saturated rings. The zero-order valence-electron chi connectivity index (χ0n) is 13.6. The fourth-order valence-electron chi connectivity index (χ4n) is 3.05. The lowest BCUT2D eigenvalue weighted by atomic mass is 10.2. The lowest BCUT2D eigenvalue weighted by molar-refractivity contribution is 0.648. The molecule has 8 nitrogen and oxygen atoms in total. The maximum atomic E-state index is 12.7. The SMILES string of the molecule is Cn1cnc2c1c(=O)n(Cc1cc3cc(C#N)ccc3[nH]1)c(=O)n2C. The molecule has 4 aromatic rings. The fourth-order valence-corrected chi connectivity index (χ4v) is 3.05. The van der Waals surface area contributed by atoms with E-state index in [1.165, 1.54) is 15.5 Å². The van der Waals surface area contributed by atoms with E-state index >= 15 is 0 Å². The van der Waals surface area contributed by atoms with Gasteiger partial charge in [0.05, 0.1) is 24.5 Å². The lowest BCUT2D eigenvalue weighted by Gasteiger charge is -2.07. The van der Waals surface area contributed by atoms with E-state index in [0.717, 1.165) is 10.9 Å². The summed E-state index contributed by atoms with van der Waals surface area (Å²) in [7, 11) is 3.32. The highest BCUT2D eigenvalue weighted by Crippen LogP contribution is 2.17. The number of benzene rings is 1. The summed E-state index contributed by atoms with van der Waals surface area (Å²) >= 11 is 0. The van der Waals surface area contributed by atoms with Crippen molar-refractivity contribution in [1.29, 1.82) is 5.26 Å². The molecule has 8 heteroatoms. The summed E-state index contributed by atoms with van der Waals surface area (Å²) in [6.07, 6.45) is 1.52. The topological polar surface area (TPSA) is 101 Å². The van der Waals surface area contributed by atoms with Crippen LogP contribution < -0.4 is 11.2 Å². The van der Waals surface area contributed by atoms with Gasteiger partial charge in [-0.1, -0.05) is 0 Å². The second-order valence-electron chi connectivity index (χ2n) is 5.97. The van der Waals surface area contributed by atoms with Crippen LogP contribution in [0.5, 0.6) is 0 Å². The van der Waals surface area contributed by atoms with Gasteiger partial charge >= 0.3 is 5.69 Å².